The van der Waals surface area contributed by atoms with Crippen LogP contribution in [0.25, 0.3) is 16.6 Å². The number of aromatic nitrogens is 4. The number of hydrogen-bond donors (Lipinski definition) is 5. The first-order chi connectivity index (χ1) is 17.2. The molecule has 0 bridgehead atoms. The van der Waals surface area contributed by atoms with Gasteiger partial charge in [-0.1, -0.05) is 18.2 Å². The van der Waals surface area contributed by atoms with E-state index >= 15 is 0 Å². The molecule has 0 radical (unpaired) electrons. The fourth-order valence-electron chi connectivity index (χ4n) is 3.42. The molecule has 4 rings (SSSR count). The van der Waals surface area contributed by atoms with Crippen LogP contribution in [0, 0.1) is 0 Å². The lowest BCUT2D eigenvalue weighted by Crippen LogP contribution is -2.26. The molecule has 36 heavy (non-hydrogen) atoms. The summed E-state index contributed by atoms with van der Waals surface area (Å²) < 4.78 is 39.9. The Kier molecular flexibility index (Phi) is 6.69. The topological polar surface area (TPSA) is 160 Å². The molecule has 0 aliphatic heterocycles. The molecule has 11 nitrogen and oxygen atoms in total. The van der Waals surface area contributed by atoms with E-state index in [1.54, 1.807) is 12.1 Å². The summed E-state index contributed by atoms with van der Waals surface area (Å²) in [5.41, 5.74) is 6.84. The van der Waals surface area contributed by atoms with Gasteiger partial charge in [0.1, 0.15) is 23.4 Å². The van der Waals surface area contributed by atoms with E-state index in [0.717, 1.165) is 12.1 Å². The number of carbonyl (C=O) groups is 2. The van der Waals surface area contributed by atoms with Crippen molar-refractivity contribution in [1.82, 2.24) is 24.9 Å². The SMILES string of the molecule is Nc1ncnn2cc(C(=O)NCCO)c(-c3ccc(NC(=O)Nc4cccc(C(F)(F)F)n4)cc3)c12. The van der Waals surface area contributed by atoms with Crippen LogP contribution in [0.1, 0.15) is 16.1 Å². The Balaban J connectivity index is 1.57. The van der Waals surface area contributed by atoms with Gasteiger partial charge in [-0.25, -0.2) is 19.3 Å². The maximum absolute atomic E-state index is 12.8. The second-order valence-corrected chi connectivity index (χ2v) is 7.40. The Bertz CT molecular complexity index is 1420. The van der Waals surface area contributed by atoms with Crippen LogP contribution in [0.3, 0.4) is 0 Å². The highest BCUT2D eigenvalue weighted by atomic mass is 19.4. The van der Waals surface area contributed by atoms with Gasteiger partial charge in [0.15, 0.2) is 5.82 Å². The quantitative estimate of drug-likeness (QED) is 0.272. The number of alkyl halides is 3. The van der Waals surface area contributed by atoms with E-state index in [9.17, 15) is 22.8 Å². The van der Waals surface area contributed by atoms with Gasteiger partial charge in [0.2, 0.25) is 0 Å². The Morgan fingerprint density at radius 3 is 2.53 bits per heavy atom. The minimum absolute atomic E-state index is 0.0460. The number of nitrogens with two attached hydrogens (primary N) is 1. The lowest BCUT2D eigenvalue weighted by Gasteiger charge is -2.11. The Labute approximate surface area is 201 Å². The summed E-state index contributed by atoms with van der Waals surface area (Å²) in [5, 5.41) is 20.4. The van der Waals surface area contributed by atoms with Crippen LogP contribution in [-0.4, -0.2) is 49.8 Å². The molecular weight excluding hydrogens is 481 g/mol. The van der Waals surface area contributed by atoms with E-state index in [1.165, 1.54) is 35.2 Å². The third-order valence-corrected chi connectivity index (χ3v) is 4.96. The number of aliphatic hydroxyl groups excluding tert-OH is 1. The Morgan fingerprint density at radius 1 is 1.08 bits per heavy atom. The first-order valence-electron chi connectivity index (χ1n) is 10.4. The van der Waals surface area contributed by atoms with E-state index in [4.69, 9.17) is 10.8 Å². The van der Waals surface area contributed by atoms with Crippen molar-refractivity contribution in [2.75, 3.05) is 29.5 Å². The van der Waals surface area contributed by atoms with Crippen molar-refractivity contribution in [2.45, 2.75) is 6.18 Å². The molecule has 186 valence electrons. The van der Waals surface area contributed by atoms with Gasteiger partial charge >= 0.3 is 12.2 Å². The second kappa shape index (κ2) is 9.87. The molecule has 1 aromatic carbocycles. The van der Waals surface area contributed by atoms with Crippen molar-refractivity contribution in [3.8, 4) is 11.1 Å². The summed E-state index contributed by atoms with van der Waals surface area (Å²) in [6, 6.07) is 8.65. The van der Waals surface area contributed by atoms with Crippen molar-refractivity contribution in [3.63, 3.8) is 0 Å². The highest BCUT2D eigenvalue weighted by Crippen LogP contribution is 2.33. The molecule has 3 heterocycles. The third kappa shape index (κ3) is 5.17. The van der Waals surface area contributed by atoms with E-state index in [1.807, 2.05) is 0 Å². The van der Waals surface area contributed by atoms with E-state index in [2.05, 4.69) is 31.0 Å². The minimum atomic E-state index is -4.64. The number of pyridine rings is 1. The number of benzene rings is 1. The van der Waals surface area contributed by atoms with Crippen molar-refractivity contribution >= 4 is 34.8 Å². The van der Waals surface area contributed by atoms with Crippen molar-refractivity contribution in [3.05, 3.63) is 66.2 Å². The van der Waals surface area contributed by atoms with E-state index in [0.29, 0.717) is 22.3 Å². The number of nitrogens with zero attached hydrogens (tertiary/aromatic N) is 4. The normalized spacial score (nSPS) is 11.3. The fourth-order valence-corrected chi connectivity index (χ4v) is 3.42. The average Bonchev–Trinajstić information content (AvgIpc) is 3.24. The molecule has 4 aromatic rings. The van der Waals surface area contributed by atoms with Gasteiger partial charge < -0.3 is 21.5 Å². The molecule has 0 saturated carbocycles. The van der Waals surface area contributed by atoms with Gasteiger partial charge in [-0.3, -0.25) is 10.1 Å². The van der Waals surface area contributed by atoms with E-state index < -0.39 is 23.8 Å². The number of amides is 3. The highest BCUT2D eigenvalue weighted by Gasteiger charge is 2.32. The number of nitrogen functional groups attached to an aromatic ring is 1. The standard InChI is InChI=1S/C22H19F3N8O3/c23-22(24,25)15-2-1-3-16(31-15)32-21(36)30-13-6-4-12(5-7-13)17-14(20(35)27-8-9-34)10-33-18(17)19(26)28-11-29-33/h1-7,10-11,34H,8-9H2,(H,27,35)(H2,26,28,29)(H2,30,31,32,36). The molecular formula is C22H19F3N8O3. The van der Waals surface area contributed by atoms with Crippen LogP contribution in [0.2, 0.25) is 0 Å². The van der Waals surface area contributed by atoms with Crippen LogP contribution < -0.4 is 21.7 Å². The van der Waals surface area contributed by atoms with E-state index in [-0.39, 0.29) is 30.4 Å². The molecule has 0 atom stereocenters. The predicted octanol–water partition coefficient (Wildman–Crippen LogP) is 2.76. The number of fused-ring (bicyclic) bond motifs is 1. The van der Waals surface area contributed by atoms with Gasteiger partial charge in [-0.2, -0.15) is 18.3 Å². The summed E-state index contributed by atoms with van der Waals surface area (Å²) >= 11 is 0. The largest absolute Gasteiger partial charge is 0.433 e. The zero-order chi connectivity index (χ0) is 25.9. The molecule has 0 fully saturated rings. The number of halogens is 3. The molecule has 0 unspecified atom stereocenters. The molecule has 0 spiro atoms. The number of hydrogen-bond acceptors (Lipinski definition) is 7. The summed E-state index contributed by atoms with van der Waals surface area (Å²) in [5.74, 6) is -0.594. The fraction of sp³-hybridized carbons (Fsp3) is 0.136. The molecule has 0 aliphatic carbocycles. The van der Waals surface area contributed by atoms with Gasteiger partial charge in [0.25, 0.3) is 5.91 Å². The summed E-state index contributed by atoms with van der Waals surface area (Å²) in [7, 11) is 0. The molecule has 6 N–H and O–H groups in total. The number of anilines is 3. The van der Waals surface area contributed by atoms with Crippen LogP contribution in [-0.2, 0) is 6.18 Å². The summed E-state index contributed by atoms with van der Waals surface area (Å²) in [6.45, 7) is -0.195. The number of aliphatic hydroxyl groups is 1. The molecule has 3 aromatic heterocycles. The highest BCUT2D eigenvalue weighted by molar-refractivity contribution is 6.07. The van der Waals surface area contributed by atoms with Crippen LogP contribution in [0.15, 0.2) is 55.0 Å². The smallest absolute Gasteiger partial charge is 0.395 e. The number of carbonyl (C=O) groups excluding carboxylic acids is 2. The zero-order valence-corrected chi connectivity index (χ0v) is 18.4. The lowest BCUT2D eigenvalue weighted by atomic mass is 10.0. The van der Waals surface area contributed by atoms with Gasteiger partial charge in [-0.15, -0.1) is 0 Å². The van der Waals surface area contributed by atoms with Gasteiger partial charge in [0, 0.05) is 24.0 Å². The first kappa shape index (κ1) is 24.4. The average molecular weight is 500 g/mol. The summed E-state index contributed by atoms with van der Waals surface area (Å²) in [6.07, 6.45) is -1.92. The number of urea groups is 1. The first-order valence-corrected chi connectivity index (χ1v) is 10.4. The minimum Gasteiger partial charge on any atom is -0.395 e. The van der Waals surface area contributed by atoms with Crippen LogP contribution >= 0.6 is 0 Å². The second-order valence-electron chi connectivity index (χ2n) is 7.40. The van der Waals surface area contributed by atoms with Crippen LogP contribution in [0.4, 0.5) is 35.3 Å². The lowest BCUT2D eigenvalue weighted by molar-refractivity contribution is -0.141. The maximum atomic E-state index is 12.8. The predicted molar refractivity (Wildman–Crippen MR) is 124 cm³/mol. The number of nitrogens with one attached hydrogen (secondary N) is 3. The van der Waals surface area contributed by atoms with Crippen LogP contribution in [0.5, 0.6) is 0 Å². The molecule has 0 saturated heterocycles. The monoisotopic (exact) mass is 500 g/mol. The number of rotatable bonds is 6. The Hall–Kier alpha value is -4.72. The maximum Gasteiger partial charge on any atom is 0.433 e. The van der Waals surface area contributed by atoms with Gasteiger partial charge in [0.05, 0.1) is 12.2 Å². The zero-order valence-electron chi connectivity index (χ0n) is 18.4. The molecule has 3 amide bonds. The van der Waals surface area contributed by atoms with Crippen molar-refractivity contribution < 1.29 is 27.9 Å². The van der Waals surface area contributed by atoms with Crippen molar-refractivity contribution in [2.24, 2.45) is 0 Å². The Morgan fingerprint density at radius 2 is 1.83 bits per heavy atom. The molecule has 0 aliphatic rings. The summed E-state index contributed by atoms with van der Waals surface area (Å²) in [4.78, 5) is 32.3. The third-order valence-electron chi connectivity index (χ3n) is 4.96. The van der Waals surface area contributed by atoms with Gasteiger partial charge in [-0.05, 0) is 29.8 Å². The molecule has 14 heteroatoms. The van der Waals surface area contributed by atoms with Crippen molar-refractivity contribution in [1.29, 1.82) is 0 Å².